The largest absolute Gasteiger partial charge is 0.481 e. The molecule has 0 saturated carbocycles. The molecule has 2 atom stereocenters. The Morgan fingerprint density at radius 2 is 1.88 bits per heavy atom. The SMILES string of the molecule is CC1C(C)(C)c2ccccc2[N+]1(CCCCCC(=O)O)S(N)(=O)=O. The van der Waals surface area contributed by atoms with Crippen LogP contribution >= 0.6 is 0 Å². The van der Waals surface area contributed by atoms with Crippen molar-refractivity contribution in [1.82, 2.24) is 3.89 Å². The summed E-state index contributed by atoms with van der Waals surface area (Å²) < 4.78 is 25.0. The number of unbranched alkanes of at least 4 members (excludes halogenated alkanes) is 2. The second kappa shape index (κ2) is 6.46. The average molecular weight is 355 g/mol. The Morgan fingerprint density at radius 3 is 2.46 bits per heavy atom. The van der Waals surface area contributed by atoms with Gasteiger partial charge in [0.25, 0.3) is 0 Å². The predicted molar refractivity (Wildman–Crippen MR) is 94.8 cm³/mol. The summed E-state index contributed by atoms with van der Waals surface area (Å²) in [6, 6.07) is 7.37. The number of nitrogens with two attached hydrogens (primary N) is 1. The topological polar surface area (TPSA) is 97.5 Å². The molecule has 0 bridgehead atoms. The first-order valence-corrected chi connectivity index (χ1v) is 9.78. The third kappa shape index (κ3) is 2.96. The highest BCUT2D eigenvalue weighted by atomic mass is 32.2. The fraction of sp³-hybridized carbons (Fsp3) is 0.588. The van der Waals surface area contributed by atoms with Crippen LogP contribution in [0.2, 0.25) is 0 Å². The van der Waals surface area contributed by atoms with Crippen LogP contribution in [0.1, 0.15) is 52.0 Å². The number of carboxylic acids is 1. The van der Waals surface area contributed by atoms with Gasteiger partial charge in [-0.05, 0) is 40.0 Å². The molecule has 0 amide bonds. The van der Waals surface area contributed by atoms with Crippen molar-refractivity contribution in [2.24, 2.45) is 5.14 Å². The van der Waals surface area contributed by atoms with Crippen molar-refractivity contribution < 1.29 is 18.3 Å². The third-order valence-corrected chi connectivity index (χ3v) is 7.11. The quantitative estimate of drug-likeness (QED) is 0.580. The fourth-order valence-electron chi connectivity index (χ4n) is 3.90. The molecule has 1 aliphatic rings. The zero-order valence-corrected chi connectivity index (χ0v) is 15.3. The number of aliphatic carboxylic acids is 1. The van der Waals surface area contributed by atoms with Crippen molar-refractivity contribution in [3.63, 3.8) is 0 Å². The third-order valence-electron chi connectivity index (χ3n) is 5.51. The molecular weight excluding hydrogens is 328 g/mol. The van der Waals surface area contributed by atoms with Gasteiger partial charge < -0.3 is 5.11 Å². The molecule has 1 aromatic rings. The smallest absolute Gasteiger partial charge is 0.372 e. The number of quaternary nitrogens is 1. The maximum Gasteiger partial charge on any atom is 0.372 e. The highest BCUT2D eigenvalue weighted by Crippen LogP contribution is 2.51. The highest BCUT2D eigenvalue weighted by Gasteiger charge is 2.60. The summed E-state index contributed by atoms with van der Waals surface area (Å²) in [5.74, 6) is -0.827. The van der Waals surface area contributed by atoms with Crippen LogP contribution in [0, 0.1) is 0 Å². The van der Waals surface area contributed by atoms with Crippen molar-refractivity contribution in [3.8, 4) is 0 Å². The monoisotopic (exact) mass is 355 g/mol. The molecule has 1 aromatic carbocycles. The van der Waals surface area contributed by atoms with Gasteiger partial charge in [-0.25, -0.2) is 0 Å². The number of hydrogen-bond donors (Lipinski definition) is 2. The Hall–Kier alpha value is -1.44. The minimum absolute atomic E-state index is 0.104. The Kier molecular flexibility index (Phi) is 5.09. The molecule has 2 unspecified atom stereocenters. The van der Waals surface area contributed by atoms with Crippen LogP contribution in [-0.2, 0) is 20.4 Å². The van der Waals surface area contributed by atoms with Crippen molar-refractivity contribution in [2.75, 3.05) is 6.54 Å². The minimum atomic E-state index is -3.88. The molecule has 24 heavy (non-hydrogen) atoms. The van der Waals surface area contributed by atoms with E-state index in [4.69, 9.17) is 10.2 Å². The number of fused-ring (bicyclic) bond motifs is 1. The number of para-hydroxylation sites is 1. The molecule has 0 spiro atoms. The number of benzene rings is 1. The number of carbonyl (C=O) groups is 1. The number of carboxylic acid groups (broad SMARTS) is 1. The second-order valence-corrected chi connectivity index (χ2v) is 8.83. The van der Waals surface area contributed by atoms with Gasteiger partial charge in [-0.2, -0.15) is 17.4 Å². The molecule has 0 saturated heterocycles. The molecule has 0 aliphatic carbocycles. The lowest BCUT2D eigenvalue weighted by atomic mass is 9.81. The van der Waals surface area contributed by atoms with Gasteiger partial charge in [0.05, 0.1) is 6.54 Å². The molecule has 7 heteroatoms. The van der Waals surface area contributed by atoms with Crippen molar-refractivity contribution in [3.05, 3.63) is 29.8 Å². The maximum absolute atomic E-state index is 12.6. The van der Waals surface area contributed by atoms with Gasteiger partial charge in [0.1, 0.15) is 6.04 Å². The predicted octanol–water partition coefficient (Wildman–Crippen LogP) is 2.52. The van der Waals surface area contributed by atoms with Gasteiger partial charge >= 0.3 is 16.2 Å². The van der Waals surface area contributed by atoms with Crippen LogP contribution < -0.4 is 9.03 Å². The van der Waals surface area contributed by atoms with E-state index in [1.807, 2.05) is 45.0 Å². The Labute approximate surface area is 144 Å². The van der Waals surface area contributed by atoms with E-state index < -0.39 is 16.2 Å². The van der Waals surface area contributed by atoms with Crippen molar-refractivity contribution in [2.45, 2.75) is 57.9 Å². The van der Waals surface area contributed by atoms with Crippen LogP contribution in [0.5, 0.6) is 0 Å². The maximum atomic E-state index is 12.6. The first-order chi connectivity index (χ1) is 11.0. The summed E-state index contributed by atoms with van der Waals surface area (Å²) in [5.41, 5.74) is 1.44. The zero-order valence-electron chi connectivity index (χ0n) is 14.5. The van der Waals surface area contributed by atoms with Gasteiger partial charge in [-0.3, -0.25) is 4.79 Å². The van der Waals surface area contributed by atoms with E-state index >= 15 is 0 Å². The van der Waals surface area contributed by atoms with E-state index in [1.54, 1.807) is 0 Å². The highest BCUT2D eigenvalue weighted by molar-refractivity contribution is 7.88. The molecule has 2 rings (SSSR count). The van der Waals surface area contributed by atoms with Crippen LogP contribution in [0.4, 0.5) is 5.69 Å². The van der Waals surface area contributed by atoms with Gasteiger partial charge in [0, 0.05) is 23.5 Å². The molecule has 3 N–H and O–H groups in total. The summed E-state index contributed by atoms with van der Waals surface area (Å²) >= 11 is 0. The van der Waals surface area contributed by atoms with E-state index in [2.05, 4.69) is 0 Å². The minimum Gasteiger partial charge on any atom is -0.481 e. The lowest BCUT2D eigenvalue weighted by Gasteiger charge is -2.38. The number of rotatable bonds is 7. The number of nitrogens with zero attached hydrogens (tertiary/aromatic N) is 1. The first kappa shape index (κ1) is 18.9. The molecule has 0 fully saturated rings. The van der Waals surface area contributed by atoms with E-state index in [1.165, 1.54) is 0 Å². The standard InChI is InChI=1S/C17H26N2O4S/c1-13-17(2,3)14-9-6-7-10-15(14)19(13,24(18,22)23)12-8-4-5-11-16(20)21/h6-7,9-10,13H,4-5,8,11-12H2,1-3H3,(H2-,18,20,21,22,23)/p+1. The van der Waals surface area contributed by atoms with Gasteiger partial charge in [-0.15, -0.1) is 0 Å². The first-order valence-electron chi connectivity index (χ1n) is 8.27. The molecule has 1 aliphatic heterocycles. The van der Waals surface area contributed by atoms with Crippen LogP contribution in [0.15, 0.2) is 24.3 Å². The van der Waals surface area contributed by atoms with Gasteiger partial charge in [-0.1, -0.05) is 18.2 Å². The number of hydrogen-bond acceptors (Lipinski definition) is 3. The normalized spacial score (nSPS) is 25.4. The van der Waals surface area contributed by atoms with Crippen LogP contribution in [0.25, 0.3) is 0 Å². The van der Waals surface area contributed by atoms with Gasteiger partial charge in [0.15, 0.2) is 5.69 Å². The van der Waals surface area contributed by atoms with Gasteiger partial charge in [0.2, 0.25) is 0 Å². The van der Waals surface area contributed by atoms with E-state index in [9.17, 15) is 13.2 Å². The van der Waals surface area contributed by atoms with E-state index in [0.717, 1.165) is 11.3 Å². The molecule has 134 valence electrons. The molecule has 6 nitrogen and oxygen atoms in total. The van der Waals surface area contributed by atoms with E-state index in [-0.39, 0.29) is 21.8 Å². The second-order valence-electron chi connectivity index (χ2n) is 7.15. The van der Waals surface area contributed by atoms with Crippen LogP contribution in [-0.4, -0.2) is 32.1 Å². The zero-order chi connectivity index (χ0) is 18.2. The Morgan fingerprint density at radius 1 is 1.25 bits per heavy atom. The lowest BCUT2D eigenvalue weighted by Crippen LogP contribution is -2.63. The molecule has 0 aromatic heterocycles. The summed E-state index contributed by atoms with van der Waals surface area (Å²) in [4.78, 5) is 10.6. The Bertz CT molecular complexity index is 730. The summed E-state index contributed by atoms with van der Waals surface area (Å²) in [6.45, 7) is 6.39. The summed E-state index contributed by atoms with van der Waals surface area (Å²) in [5, 5.41) is 14.4. The van der Waals surface area contributed by atoms with E-state index in [0.29, 0.717) is 25.8 Å². The lowest BCUT2D eigenvalue weighted by molar-refractivity contribution is -0.137. The average Bonchev–Trinajstić information content (AvgIpc) is 2.65. The fourth-order valence-corrected chi connectivity index (χ4v) is 5.42. The Balaban J connectivity index is 2.37. The molecule has 0 radical (unpaired) electrons. The van der Waals surface area contributed by atoms with Crippen molar-refractivity contribution in [1.29, 1.82) is 0 Å². The summed E-state index contributed by atoms with van der Waals surface area (Å²) in [6.07, 6.45) is 1.92. The van der Waals surface area contributed by atoms with Crippen molar-refractivity contribution >= 4 is 21.9 Å². The van der Waals surface area contributed by atoms with Crippen LogP contribution in [0.3, 0.4) is 0 Å². The molecule has 1 heterocycles. The molecular formula is C17H27N2O4S+. The summed E-state index contributed by atoms with van der Waals surface area (Å²) in [7, 11) is -3.88.